The van der Waals surface area contributed by atoms with Gasteiger partial charge in [0.2, 0.25) is 0 Å². The van der Waals surface area contributed by atoms with Crippen LogP contribution in [0.25, 0.3) is 16.9 Å². The van der Waals surface area contributed by atoms with Gasteiger partial charge in [-0.3, -0.25) is 0 Å². The SMILES string of the molecule is Nc1cc(-c2cccc(Cl)c2)nn1-c1ccc(Cl)cc1. The molecule has 1 aromatic heterocycles. The molecule has 2 N–H and O–H groups in total. The van der Waals surface area contributed by atoms with Crippen molar-refractivity contribution < 1.29 is 0 Å². The van der Waals surface area contributed by atoms with E-state index in [-0.39, 0.29) is 0 Å². The van der Waals surface area contributed by atoms with Gasteiger partial charge in [-0.15, -0.1) is 0 Å². The molecule has 0 unspecified atom stereocenters. The molecular formula is C15H11Cl2N3. The fourth-order valence-electron chi connectivity index (χ4n) is 1.97. The molecule has 0 radical (unpaired) electrons. The van der Waals surface area contributed by atoms with Crippen LogP contribution >= 0.6 is 23.2 Å². The maximum Gasteiger partial charge on any atom is 0.127 e. The van der Waals surface area contributed by atoms with E-state index in [4.69, 9.17) is 28.9 Å². The van der Waals surface area contributed by atoms with Crippen LogP contribution in [-0.2, 0) is 0 Å². The number of anilines is 1. The highest BCUT2D eigenvalue weighted by Gasteiger charge is 2.09. The van der Waals surface area contributed by atoms with Gasteiger partial charge in [-0.1, -0.05) is 35.3 Å². The molecule has 0 saturated heterocycles. The van der Waals surface area contributed by atoms with Crippen molar-refractivity contribution in [2.75, 3.05) is 5.73 Å². The number of benzene rings is 2. The maximum absolute atomic E-state index is 6.02. The summed E-state index contributed by atoms with van der Waals surface area (Å²) in [5.74, 6) is 0.558. The van der Waals surface area contributed by atoms with Gasteiger partial charge in [0.15, 0.2) is 0 Å². The smallest absolute Gasteiger partial charge is 0.127 e. The molecule has 0 aliphatic carbocycles. The third-order valence-corrected chi connectivity index (χ3v) is 3.42. The number of nitrogens with zero attached hydrogens (tertiary/aromatic N) is 2. The molecular weight excluding hydrogens is 293 g/mol. The summed E-state index contributed by atoms with van der Waals surface area (Å²) in [6.45, 7) is 0. The quantitative estimate of drug-likeness (QED) is 0.761. The van der Waals surface area contributed by atoms with Crippen molar-refractivity contribution in [3.05, 3.63) is 64.6 Å². The number of aromatic nitrogens is 2. The van der Waals surface area contributed by atoms with Crippen molar-refractivity contribution in [2.45, 2.75) is 0 Å². The van der Waals surface area contributed by atoms with E-state index in [0.717, 1.165) is 16.9 Å². The summed E-state index contributed by atoms with van der Waals surface area (Å²) in [6.07, 6.45) is 0. The standard InChI is InChI=1S/C15H11Cl2N3/c16-11-4-6-13(7-5-11)20-15(18)9-14(19-20)10-2-1-3-12(17)8-10/h1-9H,18H2. The molecule has 3 rings (SSSR count). The highest BCUT2D eigenvalue weighted by Crippen LogP contribution is 2.25. The Morgan fingerprint density at radius 3 is 2.35 bits per heavy atom. The summed E-state index contributed by atoms with van der Waals surface area (Å²) in [5.41, 5.74) is 8.59. The minimum Gasteiger partial charge on any atom is -0.384 e. The van der Waals surface area contributed by atoms with Crippen molar-refractivity contribution >= 4 is 29.0 Å². The Bertz CT molecular complexity index is 748. The van der Waals surface area contributed by atoms with Crippen LogP contribution in [0, 0.1) is 0 Å². The third kappa shape index (κ3) is 2.50. The number of hydrogen-bond donors (Lipinski definition) is 1. The van der Waals surface area contributed by atoms with Crippen molar-refractivity contribution in [1.29, 1.82) is 0 Å². The van der Waals surface area contributed by atoms with Gasteiger partial charge in [-0.25, -0.2) is 4.68 Å². The Hall–Kier alpha value is -1.97. The molecule has 0 spiro atoms. The van der Waals surface area contributed by atoms with E-state index >= 15 is 0 Å². The normalized spacial score (nSPS) is 10.7. The molecule has 0 bridgehead atoms. The minimum absolute atomic E-state index is 0.558. The number of nitrogen functional groups attached to an aromatic ring is 1. The molecule has 2 aromatic carbocycles. The topological polar surface area (TPSA) is 43.8 Å². The summed E-state index contributed by atoms with van der Waals surface area (Å²) < 4.78 is 1.67. The number of rotatable bonds is 2. The van der Waals surface area contributed by atoms with Crippen LogP contribution in [0.5, 0.6) is 0 Å². The third-order valence-electron chi connectivity index (χ3n) is 2.93. The lowest BCUT2D eigenvalue weighted by molar-refractivity contribution is 0.895. The van der Waals surface area contributed by atoms with Crippen LogP contribution in [0.1, 0.15) is 0 Å². The Morgan fingerprint density at radius 2 is 1.65 bits per heavy atom. The van der Waals surface area contributed by atoms with E-state index in [1.54, 1.807) is 16.8 Å². The molecule has 0 aliphatic rings. The molecule has 0 atom stereocenters. The van der Waals surface area contributed by atoms with Crippen molar-refractivity contribution in [2.24, 2.45) is 0 Å². The fraction of sp³-hybridized carbons (Fsp3) is 0. The Kier molecular flexibility index (Phi) is 3.38. The van der Waals surface area contributed by atoms with Gasteiger partial charge >= 0.3 is 0 Å². The van der Waals surface area contributed by atoms with Crippen LogP contribution in [-0.4, -0.2) is 9.78 Å². The highest BCUT2D eigenvalue weighted by molar-refractivity contribution is 6.31. The van der Waals surface area contributed by atoms with Gasteiger partial charge in [0.25, 0.3) is 0 Å². The summed E-state index contributed by atoms with van der Waals surface area (Å²) in [7, 11) is 0. The van der Waals surface area contributed by atoms with E-state index < -0.39 is 0 Å². The minimum atomic E-state index is 0.558. The van der Waals surface area contributed by atoms with Gasteiger partial charge in [0.1, 0.15) is 5.82 Å². The second-order valence-electron chi connectivity index (χ2n) is 4.35. The van der Waals surface area contributed by atoms with Gasteiger partial charge in [-0.05, 0) is 36.4 Å². The first-order valence-corrected chi connectivity index (χ1v) is 6.76. The zero-order valence-electron chi connectivity index (χ0n) is 10.4. The van der Waals surface area contributed by atoms with Crippen molar-refractivity contribution in [3.8, 4) is 16.9 Å². The van der Waals surface area contributed by atoms with Crippen LogP contribution in [0.15, 0.2) is 54.6 Å². The zero-order chi connectivity index (χ0) is 14.1. The predicted molar refractivity (Wildman–Crippen MR) is 83.4 cm³/mol. The zero-order valence-corrected chi connectivity index (χ0v) is 11.9. The van der Waals surface area contributed by atoms with Crippen LogP contribution in [0.4, 0.5) is 5.82 Å². The molecule has 1 heterocycles. The summed E-state index contributed by atoms with van der Waals surface area (Å²) in [6, 6.07) is 16.7. The van der Waals surface area contributed by atoms with Gasteiger partial charge in [0.05, 0.1) is 11.4 Å². The summed E-state index contributed by atoms with van der Waals surface area (Å²) in [4.78, 5) is 0. The summed E-state index contributed by atoms with van der Waals surface area (Å²) in [5, 5.41) is 5.86. The Balaban J connectivity index is 2.05. The molecule has 0 amide bonds. The monoisotopic (exact) mass is 303 g/mol. The lowest BCUT2D eigenvalue weighted by atomic mass is 10.1. The molecule has 100 valence electrons. The van der Waals surface area contributed by atoms with E-state index in [9.17, 15) is 0 Å². The number of hydrogen-bond acceptors (Lipinski definition) is 2. The Morgan fingerprint density at radius 1 is 0.900 bits per heavy atom. The maximum atomic E-state index is 6.02. The second-order valence-corrected chi connectivity index (χ2v) is 5.23. The van der Waals surface area contributed by atoms with Gasteiger partial charge in [-0.2, -0.15) is 5.10 Å². The molecule has 0 aliphatic heterocycles. The van der Waals surface area contributed by atoms with Crippen molar-refractivity contribution in [3.63, 3.8) is 0 Å². The van der Waals surface area contributed by atoms with E-state index in [1.165, 1.54) is 0 Å². The lowest BCUT2D eigenvalue weighted by Gasteiger charge is -2.03. The molecule has 0 fully saturated rings. The highest BCUT2D eigenvalue weighted by atomic mass is 35.5. The molecule has 20 heavy (non-hydrogen) atoms. The second kappa shape index (κ2) is 5.19. The average molecular weight is 304 g/mol. The van der Waals surface area contributed by atoms with Crippen LogP contribution < -0.4 is 5.73 Å². The van der Waals surface area contributed by atoms with Crippen LogP contribution in [0.3, 0.4) is 0 Å². The van der Waals surface area contributed by atoms with Gasteiger partial charge in [0, 0.05) is 21.7 Å². The first kappa shape index (κ1) is 13.0. The number of nitrogens with two attached hydrogens (primary N) is 1. The predicted octanol–water partition coefficient (Wildman–Crippen LogP) is 4.43. The molecule has 3 nitrogen and oxygen atoms in total. The lowest BCUT2D eigenvalue weighted by Crippen LogP contribution is -2.01. The first-order valence-electron chi connectivity index (χ1n) is 6.01. The van der Waals surface area contributed by atoms with E-state index in [1.807, 2.05) is 42.5 Å². The number of halogens is 2. The van der Waals surface area contributed by atoms with Gasteiger partial charge < -0.3 is 5.73 Å². The molecule has 0 saturated carbocycles. The van der Waals surface area contributed by atoms with Crippen LogP contribution in [0.2, 0.25) is 10.0 Å². The van der Waals surface area contributed by atoms with E-state index in [2.05, 4.69) is 5.10 Å². The first-order chi connectivity index (χ1) is 9.63. The fourth-order valence-corrected chi connectivity index (χ4v) is 2.29. The molecule has 5 heteroatoms. The van der Waals surface area contributed by atoms with Crippen molar-refractivity contribution in [1.82, 2.24) is 9.78 Å². The summed E-state index contributed by atoms with van der Waals surface area (Å²) >= 11 is 11.9. The van der Waals surface area contributed by atoms with E-state index in [0.29, 0.717) is 15.9 Å². The largest absolute Gasteiger partial charge is 0.384 e. The average Bonchev–Trinajstić information content (AvgIpc) is 2.82. The molecule has 3 aromatic rings. The Labute approximate surface area is 126 Å².